The van der Waals surface area contributed by atoms with E-state index in [0.29, 0.717) is 55.9 Å². The van der Waals surface area contributed by atoms with Crippen LogP contribution < -0.4 is 49.7 Å². The third-order valence-corrected chi connectivity index (χ3v) is 13.4. The van der Waals surface area contributed by atoms with E-state index >= 15 is 0 Å². The molecule has 0 fully saturated rings. The molecule has 0 saturated heterocycles. The van der Waals surface area contributed by atoms with Crippen molar-refractivity contribution in [2.45, 2.75) is 52.4 Å². The number of hydrogen-bond donors (Lipinski definition) is 7. The first-order valence-corrected chi connectivity index (χ1v) is 29.0. The van der Waals surface area contributed by atoms with Gasteiger partial charge < -0.3 is 50.1 Å². The lowest BCUT2D eigenvalue weighted by Gasteiger charge is -2.24. The predicted octanol–water partition coefficient (Wildman–Crippen LogP) is 12.2. The van der Waals surface area contributed by atoms with Crippen molar-refractivity contribution in [3.05, 3.63) is 156 Å². The lowest BCUT2D eigenvalue weighted by atomic mass is 9.86. The number of esters is 1. The van der Waals surface area contributed by atoms with Crippen LogP contribution >= 0.6 is 0 Å². The first-order valence-electron chi connectivity index (χ1n) is 25.2. The van der Waals surface area contributed by atoms with Crippen LogP contribution in [0.15, 0.2) is 134 Å². The number of anilines is 6. The van der Waals surface area contributed by atoms with E-state index in [4.69, 9.17) is 23.7 Å². The number of sulfonamides is 2. The van der Waals surface area contributed by atoms with E-state index in [1.807, 2.05) is 90.1 Å². The molecule has 0 aliphatic rings. The van der Waals surface area contributed by atoms with Crippen molar-refractivity contribution in [2.24, 2.45) is 0 Å². The number of ether oxygens (including phenoxy) is 5. The van der Waals surface area contributed by atoms with Gasteiger partial charge in [-0.3, -0.25) is 9.44 Å². The summed E-state index contributed by atoms with van der Waals surface area (Å²) in [5, 5.41) is 23.2. The second-order valence-corrected chi connectivity index (χ2v) is 24.2. The minimum Gasteiger partial charge on any atom is -0.492 e. The van der Waals surface area contributed by atoms with Gasteiger partial charge in [-0.05, 0) is 82.6 Å². The number of benzene rings is 6. The average molecular weight is 1170 g/mol. The number of carbonyl (C=O) groups is 4. The number of nitrogens with zero attached hydrogens (tertiary/aromatic N) is 2. The van der Waals surface area contributed by atoms with E-state index in [1.54, 1.807) is 60.7 Å². The van der Waals surface area contributed by atoms with Crippen molar-refractivity contribution in [3.8, 4) is 34.5 Å². The first-order chi connectivity index (χ1) is 39.0. The molecule has 4 amide bonds. The Morgan fingerprint density at radius 1 is 0.470 bits per heavy atom. The summed E-state index contributed by atoms with van der Waals surface area (Å²) < 4.78 is 80.8. The van der Waals surface area contributed by atoms with Crippen LogP contribution in [0.5, 0.6) is 34.5 Å². The maximum Gasteiger partial charge on any atom is 0.356 e. The second kappa shape index (κ2) is 25.0. The SMILES string of the molecule is COC(=O)c1cc(Oc2ccc(NC(=O)Nc3cc(C(C)(C)C)cc(NS(C)(=O)=O)c3OC)c3ccccc23)ccn1.COc1c(NC(=O)Nc2ccc(Oc3ccnc(C(=O)O)c3)c3ccccc23)cc(C(C)(C)C)cc1NS(C)(=O)=O. The normalized spacial score (nSPS) is 11.5. The fourth-order valence-electron chi connectivity index (χ4n) is 8.33. The summed E-state index contributed by atoms with van der Waals surface area (Å²) in [6, 6.07) is 33.0. The summed E-state index contributed by atoms with van der Waals surface area (Å²) in [5.41, 5.74) is 2.75. The summed E-state index contributed by atoms with van der Waals surface area (Å²) in [7, 11) is -3.19. The number of aromatic carboxylic acids is 1. The van der Waals surface area contributed by atoms with Gasteiger partial charge in [0.1, 0.15) is 23.0 Å². The maximum atomic E-state index is 13.3. The number of fused-ring (bicyclic) bond motifs is 2. The number of amides is 4. The molecule has 8 rings (SSSR count). The number of urea groups is 2. The van der Waals surface area contributed by atoms with Gasteiger partial charge in [-0.25, -0.2) is 46.0 Å². The number of methoxy groups -OCH3 is 3. The number of carboxylic acid groups (broad SMARTS) is 1. The van der Waals surface area contributed by atoms with E-state index < -0.39 is 44.0 Å². The zero-order chi connectivity index (χ0) is 60.6. The minimum atomic E-state index is -3.63. The summed E-state index contributed by atoms with van der Waals surface area (Å²) in [5.74, 6) is 0.198. The Bertz CT molecular complexity index is 4030. The molecule has 83 heavy (non-hydrogen) atoms. The zero-order valence-corrected chi connectivity index (χ0v) is 48.8. The van der Waals surface area contributed by atoms with Crippen molar-refractivity contribution < 1.29 is 64.8 Å². The monoisotopic (exact) mass is 1170 g/mol. The molecule has 22 nitrogen and oxygen atoms in total. The topological polar surface area (TPSA) is 301 Å². The highest BCUT2D eigenvalue weighted by molar-refractivity contribution is 7.92. The molecule has 434 valence electrons. The van der Waals surface area contributed by atoms with Gasteiger partial charge in [-0.2, -0.15) is 0 Å². The standard InChI is InChI=1S/C30H32N4O7S.C29H30N4O7S/c1-30(2,3)18-15-23(27(39-4)24(16-18)34-42(6,37)38)33-29(36)32-22-11-12-26(21-10-8-7-9-20(21)22)41-19-13-14-31-25(17-19)28(35)40-5;1-29(2,3)17-14-22(26(39-4)23(15-17)33-41(5,37)38)32-28(36)31-21-10-11-25(20-9-7-6-8-19(20)21)40-18-12-13-30-24(16-18)27(34)35/h7-17,34H,1-6H3,(H2,32,33,36);6-16,33H,1-5H3,(H,34,35)(H2,31,32,36). The Labute approximate surface area is 480 Å². The fourth-order valence-corrected chi connectivity index (χ4v) is 9.43. The molecular weight excluding hydrogens is 1110 g/mol. The van der Waals surface area contributed by atoms with Crippen LogP contribution in [-0.4, -0.2) is 89.8 Å². The second-order valence-electron chi connectivity index (χ2n) is 20.7. The molecule has 24 heteroatoms. The Morgan fingerprint density at radius 2 is 0.831 bits per heavy atom. The van der Waals surface area contributed by atoms with Crippen molar-refractivity contribution in [3.63, 3.8) is 0 Å². The molecule has 0 atom stereocenters. The zero-order valence-electron chi connectivity index (χ0n) is 47.2. The third kappa shape index (κ3) is 15.8. The van der Waals surface area contributed by atoms with Crippen LogP contribution in [-0.2, 0) is 35.6 Å². The molecule has 0 aliphatic heterocycles. The number of hydrogen-bond acceptors (Lipinski definition) is 15. The number of nitrogens with one attached hydrogen (secondary N) is 6. The molecule has 0 unspecified atom stereocenters. The smallest absolute Gasteiger partial charge is 0.356 e. The fraction of sp³-hybridized carbons (Fsp3) is 0.220. The Morgan fingerprint density at radius 3 is 1.19 bits per heavy atom. The number of aromatic nitrogens is 2. The van der Waals surface area contributed by atoms with Crippen LogP contribution in [0.3, 0.4) is 0 Å². The van der Waals surface area contributed by atoms with Crippen molar-refractivity contribution in [1.29, 1.82) is 0 Å². The van der Waals surface area contributed by atoms with Crippen LogP contribution in [0.25, 0.3) is 21.5 Å². The number of carbonyl (C=O) groups excluding carboxylic acids is 3. The molecule has 7 N–H and O–H groups in total. The van der Waals surface area contributed by atoms with Gasteiger partial charge in [0.2, 0.25) is 20.0 Å². The molecule has 2 heterocycles. The van der Waals surface area contributed by atoms with Crippen molar-refractivity contribution in [2.75, 3.05) is 64.6 Å². The lowest BCUT2D eigenvalue weighted by molar-refractivity contribution is 0.0592. The summed E-state index contributed by atoms with van der Waals surface area (Å²) in [4.78, 5) is 57.4. The third-order valence-electron chi connectivity index (χ3n) is 12.2. The van der Waals surface area contributed by atoms with E-state index in [-0.39, 0.29) is 56.5 Å². The predicted molar refractivity (Wildman–Crippen MR) is 320 cm³/mol. The van der Waals surface area contributed by atoms with Gasteiger partial charge >= 0.3 is 24.0 Å². The van der Waals surface area contributed by atoms with Crippen molar-refractivity contribution >= 4 is 99.7 Å². The molecule has 0 spiro atoms. The van der Waals surface area contributed by atoms with Crippen molar-refractivity contribution in [1.82, 2.24) is 9.97 Å². The summed E-state index contributed by atoms with van der Waals surface area (Å²) in [6.45, 7) is 11.8. The van der Waals surface area contributed by atoms with E-state index in [9.17, 15) is 41.1 Å². The van der Waals surface area contributed by atoms with E-state index in [2.05, 4.69) is 40.7 Å². The van der Waals surface area contributed by atoms with E-state index in [1.165, 1.54) is 45.9 Å². The number of pyridine rings is 2. The van der Waals surface area contributed by atoms with Gasteiger partial charge in [-0.15, -0.1) is 0 Å². The van der Waals surface area contributed by atoms with Gasteiger partial charge in [0.15, 0.2) is 22.9 Å². The van der Waals surface area contributed by atoms with Crippen LogP contribution in [0.2, 0.25) is 0 Å². The van der Waals surface area contributed by atoms with Gasteiger partial charge in [0.05, 0.1) is 68.0 Å². The molecule has 8 aromatic rings. The van der Waals surface area contributed by atoms with Crippen LogP contribution in [0.1, 0.15) is 73.6 Å². The maximum absolute atomic E-state index is 13.3. The largest absolute Gasteiger partial charge is 0.492 e. The van der Waals surface area contributed by atoms with Crippen LogP contribution in [0, 0.1) is 0 Å². The molecule has 6 aromatic carbocycles. The molecular formula is C59H62N8O14S2. The molecule has 0 saturated carbocycles. The summed E-state index contributed by atoms with van der Waals surface area (Å²) >= 11 is 0. The van der Waals surface area contributed by atoms with Crippen LogP contribution in [0.4, 0.5) is 43.7 Å². The highest BCUT2D eigenvalue weighted by atomic mass is 32.2. The number of carboxylic acids is 1. The number of rotatable bonds is 16. The average Bonchev–Trinajstić information content (AvgIpc) is 3.45. The molecule has 2 aromatic heterocycles. The minimum absolute atomic E-state index is 0.107. The Balaban J connectivity index is 0.000000239. The quantitative estimate of drug-likeness (QED) is 0.0442. The lowest BCUT2D eigenvalue weighted by Crippen LogP contribution is -2.22. The molecule has 0 bridgehead atoms. The Hall–Kier alpha value is -9.68. The highest BCUT2D eigenvalue weighted by Crippen LogP contribution is 2.42. The molecule has 0 radical (unpaired) electrons. The molecule has 0 aliphatic carbocycles. The van der Waals surface area contributed by atoms with Gasteiger partial charge in [-0.1, -0.05) is 90.1 Å². The Kier molecular flexibility index (Phi) is 18.4. The summed E-state index contributed by atoms with van der Waals surface area (Å²) in [6.07, 6.45) is 4.88. The van der Waals surface area contributed by atoms with Gasteiger partial charge in [0.25, 0.3) is 0 Å². The van der Waals surface area contributed by atoms with E-state index in [0.717, 1.165) is 23.6 Å². The van der Waals surface area contributed by atoms with Gasteiger partial charge in [0, 0.05) is 46.1 Å². The first kappa shape index (κ1) is 61.0. The highest BCUT2D eigenvalue weighted by Gasteiger charge is 2.25.